The molecule has 0 amide bonds. The van der Waals surface area contributed by atoms with Crippen molar-refractivity contribution in [3.8, 4) is 0 Å². The van der Waals surface area contributed by atoms with Gasteiger partial charge in [-0.3, -0.25) is 4.79 Å². The van der Waals surface area contributed by atoms with Crippen LogP contribution in [0, 0.1) is 6.92 Å². The third kappa shape index (κ3) is 4.51. The number of sulfonamides is 1. The first kappa shape index (κ1) is 23.0. The Balaban J connectivity index is 1.82. The second-order valence-corrected chi connectivity index (χ2v) is 9.25. The van der Waals surface area contributed by atoms with Crippen molar-refractivity contribution in [2.75, 3.05) is 19.7 Å². The van der Waals surface area contributed by atoms with E-state index in [4.69, 9.17) is 16.3 Å². The molecule has 0 bridgehead atoms. The number of H-pyrrole nitrogens is 1. The van der Waals surface area contributed by atoms with Crippen LogP contribution >= 0.6 is 11.6 Å². The minimum atomic E-state index is -3.77. The van der Waals surface area contributed by atoms with Gasteiger partial charge in [-0.25, -0.2) is 13.2 Å². The number of aromatic amines is 1. The fraction of sp³-hybridized carbons (Fsp3) is 0.273. The summed E-state index contributed by atoms with van der Waals surface area (Å²) in [5, 5.41) is 0.783. The van der Waals surface area contributed by atoms with E-state index in [0.717, 1.165) is 10.9 Å². The Hall–Kier alpha value is -2.68. The number of para-hydroxylation sites is 1. The van der Waals surface area contributed by atoms with E-state index < -0.39 is 22.6 Å². The Morgan fingerprint density at radius 1 is 1.10 bits per heavy atom. The summed E-state index contributed by atoms with van der Waals surface area (Å²) in [6.45, 7) is 5.31. The molecule has 7 nitrogen and oxygen atoms in total. The molecular formula is C22H23ClN2O5S. The van der Waals surface area contributed by atoms with E-state index in [2.05, 4.69) is 4.98 Å². The molecule has 31 heavy (non-hydrogen) atoms. The van der Waals surface area contributed by atoms with E-state index in [1.54, 1.807) is 20.8 Å². The number of halogens is 1. The topological polar surface area (TPSA) is 96.5 Å². The molecule has 3 rings (SSSR count). The standard InChI is InChI=1S/C22H23ClN2O5S/c1-4-25(5-2)31(28,29)15-10-11-18(23)17(12-15)22(27)30-13-20(26)21-14(3)24-19-9-7-6-8-16(19)21/h6-12,24H,4-5,13H2,1-3H3. The predicted molar refractivity (Wildman–Crippen MR) is 119 cm³/mol. The highest BCUT2D eigenvalue weighted by atomic mass is 35.5. The lowest BCUT2D eigenvalue weighted by Crippen LogP contribution is -2.30. The molecule has 0 aliphatic heterocycles. The number of ether oxygens (including phenoxy) is 1. The van der Waals surface area contributed by atoms with Crippen LogP contribution in [0.25, 0.3) is 10.9 Å². The largest absolute Gasteiger partial charge is 0.454 e. The number of nitrogens with zero attached hydrogens (tertiary/aromatic N) is 1. The van der Waals surface area contributed by atoms with Crippen LogP contribution in [-0.4, -0.2) is 49.2 Å². The third-order valence-corrected chi connectivity index (χ3v) is 7.38. The minimum absolute atomic E-state index is 0.0409. The zero-order valence-corrected chi connectivity index (χ0v) is 19.0. The zero-order valence-electron chi connectivity index (χ0n) is 17.4. The fourth-order valence-corrected chi connectivity index (χ4v) is 5.13. The van der Waals surface area contributed by atoms with Gasteiger partial charge in [0.25, 0.3) is 0 Å². The second-order valence-electron chi connectivity index (χ2n) is 6.90. The van der Waals surface area contributed by atoms with Crippen LogP contribution in [-0.2, 0) is 14.8 Å². The number of aromatic nitrogens is 1. The lowest BCUT2D eigenvalue weighted by Gasteiger charge is -2.19. The first-order chi connectivity index (χ1) is 14.7. The highest BCUT2D eigenvalue weighted by Gasteiger charge is 2.25. The molecule has 0 aliphatic carbocycles. The summed E-state index contributed by atoms with van der Waals surface area (Å²) in [5.41, 5.74) is 1.82. The summed E-state index contributed by atoms with van der Waals surface area (Å²) in [4.78, 5) is 28.4. The molecule has 9 heteroatoms. The molecule has 2 aromatic carbocycles. The Labute approximate surface area is 186 Å². The molecule has 0 radical (unpaired) electrons. The average Bonchev–Trinajstić information content (AvgIpc) is 3.08. The van der Waals surface area contributed by atoms with E-state index >= 15 is 0 Å². The number of rotatable bonds is 8. The van der Waals surface area contributed by atoms with Crippen LogP contribution in [0.4, 0.5) is 0 Å². The first-order valence-corrected chi connectivity index (χ1v) is 11.6. The molecule has 1 heterocycles. The number of carbonyl (C=O) groups is 2. The molecule has 0 fully saturated rings. The van der Waals surface area contributed by atoms with Crippen molar-refractivity contribution < 1.29 is 22.7 Å². The normalized spacial score (nSPS) is 11.8. The number of fused-ring (bicyclic) bond motifs is 1. The van der Waals surface area contributed by atoms with Crippen LogP contribution in [0.1, 0.15) is 40.3 Å². The van der Waals surface area contributed by atoms with E-state index in [9.17, 15) is 18.0 Å². The number of hydrogen-bond acceptors (Lipinski definition) is 5. The van der Waals surface area contributed by atoms with Gasteiger partial charge < -0.3 is 9.72 Å². The van der Waals surface area contributed by atoms with E-state index in [1.807, 2.05) is 24.3 Å². The molecule has 1 aromatic heterocycles. The summed E-state index contributed by atoms with van der Waals surface area (Å²) in [6, 6.07) is 11.2. The summed E-state index contributed by atoms with van der Waals surface area (Å²) in [5.74, 6) is -1.24. The molecule has 0 atom stereocenters. The molecule has 0 aliphatic rings. The maximum atomic E-state index is 12.7. The second kappa shape index (κ2) is 9.21. The summed E-state index contributed by atoms with van der Waals surface area (Å²) < 4.78 is 31.9. The van der Waals surface area contributed by atoms with Gasteiger partial charge in [-0.15, -0.1) is 0 Å². The summed E-state index contributed by atoms with van der Waals surface area (Å²) in [6.07, 6.45) is 0. The number of aryl methyl sites for hydroxylation is 1. The molecular weight excluding hydrogens is 440 g/mol. The monoisotopic (exact) mass is 462 g/mol. The molecule has 0 unspecified atom stereocenters. The molecule has 1 N–H and O–H groups in total. The van der Waals surface area contributed by atoms with Crippen molar-refractivity contribution in [1.82, 2.24) is 9.29 Å². The van der Waals surface area contributed by atoms with Crippen LogP contribution < -0.4 is 0 Å². The number of esters is 1. The molecule has 0 saturated heterocycles. The van der Waals surface area contributed by atoms with Gasteiger partial charge in [0.2, 0.25) is 15.8 Å². The number of hydrogen-bond donors (Lipinski definition) is 1. The molecule has 0 spiro atoms. The number of ketones is 1. The Kier molecular flexibility index (Phi) is 6.83. The van der Waals surface area contributed by atoms with Gasteiger partial charge >= 0.3 is 5.97 Å². The van der Waals surface area contributed by atoms with Crippen LogP contribution in [0.15, 0.2) is 47.4 Å². The van der Waals surface area contributed by atoms with Crippen LogP contribution in [0.3, 0.4) is 0 Å². The molecule has 164 valence electrons. The van der Waals surface area contributed by atoms with Crippen LogP contribution in [0.2, 0.25) is 5.02 Å². The first-order valence-electron chi connectivity index (χ1n) is 9.78. The van der Waals surface area contributed by atoms with Crippen molar-refractivity contribution in [3.63, 3.8) is 0 Å². The molecule has 3 aromatic rings. The van der Waals surface area contributed by atoms with Crippen molar-refractivity contribution in [2.45, 2.75) is 25.7 Å². The van der Waals surface area contributed by atoms with Gasteiger partial charge in [0.15, 0.2) is 6.61 Å². The van der Waals surface area contributed by atoms with Gasteiger partial charge in [-0.05, 0) is 31.2 Å². The van der Waals surface area contributed by atoms with E-state index in [0.29, 0.717) is 24.3 Å². The van der Waals surface area contributed by atoms with Gasteiger partial charge in [0, 0.05) is 35.2 Å². The van der Waals surface area contributed by atoms with Crippen molar-refractivity contribution >= 4 is 44.3 Å². The average molecular weight is 463 g/mol. The Bertz CT molecular complexity index is 1250. The van der Waals surface area contributed by atoms with E-state index in [1.165, 1.54) is 22.5 Å². The van der Waals surface area contributed by atoms with Gasteiger partial charge in [-0.1, -0.05) is 43.6 Å². The summed E-state index contributed by atoms with van der Waals surface area (Å²) >= 11 is 6.11. The Morgan fingerprint density at radius 2 is 1.77 bits per heavy atom. The summed E-state index contributed by atoms with van der Waals surface area (Å²) in [7, 11) is -3.77. The SMILES string of the molecule is CCN(CC)S(=O)(=O)c1ccc(Cl)c(C(=O)OCC(=O)c2c(C)[nH]c3ccccc23)c1. The maximum absolute atomic E-state index is 12.7. The van der Waals surface area contributed by atoms with Crippen molar-refractivity contribution in [2.24, 2.45) is 0 Å². The predicted octanol–water partition coefficient (Wildman–Crippen LogP) is 4.20. The number of benzene rings is 2. The number of Topliss-reactive ketones (excluding diaryl/α,β-unsaturated/α-hetero) is 1. The van der Waals surface area contributed by atoms with Gasteiger partial charge in [0.05, 0.1) is 15.5 Å². The number of nitrogens with one attached hydrogen (secondary N) is 1. The maximum Gasteiger partial charge on any atom is 0.340 e. The zero-order chi connectivity index (χ0) is 22.8. The lowest BCUT2D eigenvalue weighted by atomic mass is 10.1. The fourth-order valence-electron chi connectivity index (χ4n) is 3.45. The third-order valence-electron chi connectivity index (χ3n) is 5.01. The van der Waals surface area contributed by atoms with E-state index in [-0.39, 0.29) is 21.3 Å². The van der Waals surface area contributed by atoms with Gasteiger partial charge in [0.1, 0.15) is 0 Å². The van der Waals surface area contributed by atoms with Crippen molar-refractivity contribution in [1.29, 1.82) is 0 Å². The molecule has 0 saturated carbocycles. The quantitative estimate of drug-likeness (QED) is 0.399. The number of carbonyl (C=O) groups excluding carboxylic acids is 2. The Morgan fingerprint density at radius 3 is 2.45 bits per heavy atom. The minimum Gasteiger partial charge on any atom is -0.454 e. The lowest BCUT2D eigenvalue weighted by molar-refractivity contribution is 0.0475. The van der Waals surface area contributed by atoms with Crippen LogP contribution in [0.5, 0.6) is 0 Å². The smallest absolute Gasteiger partial charge is 0.340 e. The highest BCUT2D eigenvalue weighted by molar-refractivity contribution is 7.89. The highest BCUT2D eigenvalue weighted by Crippen LogP contribution is 2.25. The van der Waals surface area contributed by atoms with Crippen molar-refractivity contribution in [3.05, 3.63) is 64.3 Å². The van der Waals surface area contributed by atoms with Gasteiger partial charge in [-0.2, -0.15) is 4.31 Å².